The molecular weight excluding hydrogens is 172 g/mol. The predicted molar refractivity (Wildman–Crippen MR) is 58.0 cm³/mol. The third kappa shape index (κ3) is 2.34. The summed E-state index contributed by atoms with van der Waals surface area (Å²) >= 11 is 0. The lowest BCUT2D eigenvalue weighted by atomic mass is 9.99. The van der Waals surface area contributed by atoms with Gasteiger partial charge in [0.05, 0.1) is 12.6 Å². The van der Waals surface area contributed by atoms with E-state index >= 15 is 0 Å². The molecule has 0 spiro atoms. The molecule has 1 N–H and O–H groups in total. The Morgan fingerprint density at radius 1 is 1.21 bits per heavy atom. The molecule has 0 heterocycles. The number of aryl methyl sites for hydroxylation is 1. The summed E-state index contributed by atoms with van der Waals surface area (Å²) in [5.74, 6) is 0. The Kier molecular flexibility index (Phi) is 3.67. The van der Waals surface area contributed by atoms with Gasteiger partial charge in [-0.05, 0) is 43.0 Å². The normalized spacial score (nSPS) is 9.86. The average molecular weight is 188 g/mol. The minimum absolute atomic E-state index is 0.409. The van der Waals surface area contributed by atoms with E-state index in [-0.39, 0.29) is 0 Å². The fourth-order valence-corrected chi connectivity index (χ4v) is 1.46. The van der Waals surface area contributed by atoms with Gasteiger partial charge in [0.15, 0.2) is 0 Å². The van der Waals surface area contributed by atoms with Gasteiger partial charge in [0.1, 0.15) is 0 Å². The smallest absolute Gasteiger partial charge is 0.0843 e. The molecule has 74 valence electrons. The number of hydrogen-bond donors (Lipinski definition) is 1. The molecule has 1 aromatic rings. The second-order valence-corrected chi connectivity index (χ2v) is 3.55. The average Bonchev–Trinajstić information content (AvgIpc) is 2.18. The van der Waals surface area contributed by atoms with Gasteiger partial charge < -0.3 is 5.32 Å². The molecule has 0 bridgehead atoms. The van der Waals surface area contributed by atoms with E-state index in [0.29, 0.717) is 6.54 Å². The van der Waals surface area contributed by atoms with Crippen LogP contribution >= 0.6 is 0 Å². The van der Waals surface area contributed by atoms with Crippen LogP contribution in [0.25, 0.3) is 0 Å². The molecular formula is C12H16N2. The minimum Gasteiger partial charge on any atom is -0.300 e. The van der Waals surface area contributed by atoms with E-state index < -0.39 is 0 Å². The van der Waals surface area contributed by atoms with Crippen molar-refractivity contribution in [3.05, 3.63) is 34.4 Å². The number of nitriles is 1. The first kappa shape index (κ1) is 10.7. The zero-order valence-electron chi connectivity index (χ0n) is 9.02. The van der Waals surface area contributed by atoms with Gasteiger partial charge in [0.25, 0.3) is 0 Å². The molecule has 0 aromatic heterocycles. The lowest BCUT2D eigenvalue weighted by molar-refractivity contribution is 0.760. The molecule has 1 rings (SSSR count). The molecule has 1 aromatic carbocycles. The molecule has 2 nitrogen and oxygen atoms in total. The van der Waals surface area contributed by atoms with Crippen LogP contribution in [0.1, 0.15) is 22.3 Å². The van der Waals surface area contributed by atoms with Gasteiger partial charge in [-0.15, -0.1) is 0 Å². The summed E-state index contributed by atoms with van der Waals surface area (Å²) in [5.41, 5.74) is 5.28. The number of nitrogens with zero attached hydrogens (tertiary/aromatic N) is 1. The Hall–Kier alpha value is -1.33. The highest BCUT2D eigenvalue weighted by atomic mass is 14.8. The van der Waals surface area contributed by atoms with Crippen molar-refractivity contribution >= 4 is 0 Å². The highest BCUT2D eigenvalue weighted by molar-refractivity contribution is 5.38. The van der Waals surface area contributed by atoms with Gasteiger partial charge in [-0.2, -0.15) is 5.26 Å². The molecule has 0 aliphatic rings. The number of rotatable bonds is 3. The second-order valence-electron chi connectivity index (χ2n) is 3.55. The molecule has 0 unspecified atom stereocenters. The fourth-order valence-electron chi connectivity index (χ4n) is 1.46. The Bertz CT molecular complexity index is 361. The minimum atomic E-state index is 0.409. The zero-order chi connectivity index (χ0) is 10.6. The molecule has 0 saturated heterocycles. The van der Waals surface area contributed by atoms with E-state index in [1.165, 1.54) is 22.3 Å². The van der Waals surface area contributed by atoms with Gasteiger partial charge in [-0.25, -0.2) is 0 Å². The third-order valence-electron chi connectivity index (χ3n) is 2.69. The lowest BCUT2D eigenvalue weighted by Gasteiger charge is -2.10. The molecule has 0 aliphatic heterocycles. The highest BCUT2D eigenvalue weighted by Gasteiger charge is 2.02. The maximum atomic E-state index is 8.40. The van der Waals surface area contributed by atoms with E-state index in [1.54, 1.807) is 0 Å². The molecule has 0 saturated carbocycles. The zero-order valence-corrected chi connectivity index (χ0v) is 9.02. The molecule has 14 heavy (non-hydrogen) atoms. The van der Waals surface area contributed by atoms with Gasteiger partial charge in [-0.3, -0.25) is 0 Å². The summed E-state index contributed by atoms with van der Waals surface area (Å²) < 4.78 is 0. The van der Waals surface area contributed by atoms with Crippen molar-refractivity contribution in [2.45, 2.75) is 27.3 Å². The lowest BCUT2D eigenvalue weighted by Crippen LogP contribution is -2.14. The summed E-state index contributed by atoms with van der Waals surface area (Å²) in [7, 11) is 0. The van der Waals surface area contributed by atoms with Gasteiger partial charge in [0.2, 0.25) is 0 Å². The summed E-state index contributed by atoms with van der Waals surface area (Å²) in [4.78, 5) is 0. The van der Waals surface area contributed by atoms with E-state index in [2.05, 4.69) is 44.3 Å². The first-order chi connectivity index (χ1) is 6.66. The first-order valence-electron chi connectivity index (χ1n) is 4.80. The number of nitrogens with one attached hydrogen (secondary N) is 1. The predicted octanol–water partition coefficient (Wildman–Crippen LogP) is 2.23. The van der Waals surface area contributed by atoms with Crippen LogP contribution in [0.4, 0.5) is 0 Å². The topological polar surface area (TPSA) is 35.8 Å². The van der Waals surface area contributed by atoms with Crippen LogP contribution in [-0.2, 0) is 6.54 Å². The molecule has 0 fully saturated rings. The molecule has 2 heteroatoms. The van der Waals surface area contributed by atoms with E-state index in [0.717, 1.165) is 6.54 Å². The molecule has 0 amide bonds. The first-order valence-corrected chi connectivity index (χ1v) is 4.80. The van der Waals surface area contributed by atoms with Crippen molar-refractivity contribution in [2.24, 2.45) is 0 Å². The Labute approximate surface area is 85.6 Å². The summed E-state index contributed by atoms with van der Waals surface area (Å²) in [5, 5.41) is 11.5. The number of hydrogen-bond acceptors (Lipinski definition) is 2. The molecule has 0 radical (unpaired) electrons. The van der Waals surface area contributed by atoms with Crippen molar-refractivity contribution in [3.8, 4) is 6.07 Å². The van der Waals surface area contributed by atoms with Crippen molar-refractivity contribution < 1.29 is 0 Å². The Balaban J connectivity index is 2.79. The van der Waals surface area contributed by atoms with Crippen molar-refractivity contribution in [1.29, 1.82) is 5.26 Å². The van der Waals surface area contributed by atoms with Gasteiger partial charge in [-0.1, -0.05) is 12.1 Å². The highest BCUT2D eigenvalue weighted by Crippen LogP contribution is 2.16. The van der Waals surface area contributed by atoms with Crippen molar-refractivity contribution in [1.82, 2.24) is 5.32 Å². The Morgan fingerprint density at radius 2 is 1.93 bits per heavy atom. The van der Waals surface area contributed by atoms with Crippen LogP contribution in [0, 0.1) is 32.1 Å². The van der Waals surface area contributed by atoms with Gasteiger partial charge in [0, 0.05) is 6.54 Å². The maximum absolute atomic E-state index is 8.40. The maximum Gasteiger partial charge on any atom is 0.0843 e. The number of benzene rings is 1. The standard InChI is InChI=1S/C12H16N2/c1-9-4-5-12(8-14-7-6-13)11(3)10(9)2/h4-5,14H,7-8H2,1-3H3. The van der Waals surface area contributed by atoms with Crippen molar-refractivity contribution in [3.63, 3.8) is 0 Å². The molecule has 0 atom stereocenters. The molecule has 0 aliphatic carbocycles. The summed E-state index contributed by atoms with van der Waals surface area (Å²) in [6.45, 7) is 7.58. The van der Waals surface area contributed by atoms with Gasteiger partial charge >= 0.3 is 0 Å². The summed E-state index contributed by atoms with van der Waals surface area (Å²) in [6.07, 6.45) is 0. The van der Waals surface area contributed by atoms with Crippen LogP contribution in [0.5, 0.6) is 0 Å². The Morgan fingerprint density at radius 3 is 2.57 bits per heavy atom. The van der Waals surface area contributed by atoms with Crippen molar-refractivity contribution in [2.75, 3.05) is 6.54 Å². The van der Waals surface area contributed by atoms with E-state index in [1.807, 2.05) is 0 Å². The van der Waals surface area contributed by atoms with Crippen LogP contribution in [0.2, 0.25) is 0 Å². The largest absolute Gasteiger partial charge is 0.300 e. The van der Waals surface area contributed by atoms with E-state index in [4.69, 9.17) is 5.26 Å². The van der Waals surface area contributed by atoms with Crippen LogP contribution in [0.15, 0.2) is 12.1 Å². The quantitative estimate of drug-likeness (QED) is 0.583. The summed E-state index contributed by atoms with van der Waals surface area (Å²) in [6, 6.07) is 6.33. The third-order valence-corrected chi connectivity index (χ3v) is 2.69. The SMILES string of the molecule is Cc1ccc(CNCC#N)c(C)c1C. The monoisotopic (exact) mass is 188 g/mol. The van der Waals surface area contributed by atoms with Crippen LogP contribution in [0.3, 0.4) is 0 Å². The van der Waals surface area contributed by atoms with Crippen LogP contribution in [-0.4, -0.2) is 6.54 Å². The fraction of sp³-hybridized carbons (Fsp3) is 0.417. The van der Waals surface area contributed by atoms with Crippen LogP contribution < -0.4 is 5.32 Å². The second kappa shape index (κ2) is 4.78. The van der Waals surface area contributed by atoms with E-state index in [9.17, 15) is 0 Å².